The highest BCUT2D eigenvalue weighted by Crippen LogP contribution is 2.55. The number of nitrogens with zero attached hydrogens (tertiary/aromatic N) is 6. The summed E-state index contributed by atoms with van der Waals surface area (Å²) in [5, 5.41) is 9.47. The van der Waals surface area contributed by atoms with Gasteiger partial charge >= 0.3 is 0 Å². The molecule has 0 radical (unpaired) electrons. The topological polar surface area (TPSA) is 71.2 Å². The third-order valence-corrected chi connectivity index (χ3v) is 7.69. The van der Waals surface area contributed by atoms with Gasteiger partial charge in [0, 0.05) is 36.4 Å². The highest BCUT2D eigenvalue weighted by atomic mass is 32.1. The van der Waals surface area contributed by atoms with Crippen LogP contribution in [-0.2, 0) is 6.42 Å². The number of nitrogens with one attached hydrogen (secondary N) is 1. The predicted molar refractivity (Wildman–Crippen MR) is 117 cm³/mol. The molecule has 2 fully saturated rings. The lowest BCUT2D eigenvalue weighted by atomic mass is 9.57. The molecule has 1 N–H and O–H groups in total. The number of fused-ring (bicyclic) bond motifs is 1. The molecule has 29 heavy (non-hydrogen) atoms. The zero-order valence-corrected chi connectivity index (χ0v) is 18.2. The van der Waals surface area contributed by atoms with Crippen LogP contribution in [-0.4, -0.2) is 43.1 Å². The molecule has 154 valence electrons. The lowest BCUT2D eigenvalue weighted by molar-refractivity contribution is 0.0422. The molecule has 2 aliphatic rings. The Labute approximate surface area is 175 Å². The lowest BCUT2D eigenvalue weighted by Gasteiger charge is -2.50. The van der Waals surface area contributed by atoms with Crippen LogP contribution in [0, 0.1) is 18.3 Å². The summed E-state index contributed by atoms with van der Waals surface area (Å²) in [6, 6.07) is 6.60. The van der Waals surface area contributed by atoms with Crippen LogP contribution in [0.25, 0.3) is 5.65 Å². The van der Waals surface area contributed by atoms with Crippen molar-refractivity contribution < 1.29 is 0 Å². The van der Waals surface area contributed by atoms with Gasteiger partial charge in [0.15, 0.2) is 5.65 Å². The molecule has 1 saturated heterocycles. The van der Waals surface area contributed by atoms with Crippen molar-refractivity contribution in [2.24, 2.45) is 11.3 Å². The molecule has 0 bridgehead atoms. The molecule has 3 aromatic rings. The maximum absolute atomic E-state index is 4.76. The lowest BCUT2D eigenvalue weighted by Crippen LogP contribution is -2.49. The largest absolute Gasteiger partial charge is 0.350 e. The van der Waals surface area contributed by atoms with Crippen LogP contribution >= 0.6 is 11.5 Å². The van der Waals surface area contributed by atoms with E-state index in [4.69, 9.17) is 10.1 Å². The number of aromatic nitrogens is 5. The van der Waals surface area contributed by atoms with E-state index in [0.29, 0.717) is 17.4 Å². The van der Waals surface area contributed by atoms with E-state index in [2.05, 4.69) is 45.6 Å². The van der Waals surface area contributed by atoms with E-state index in [1.54, 1.807) is 0 Å². The first-order valence-electron chi connectivity index (χ1n) is 10.7. The minimum absolute atomic E-state index is 0.354. The molecule has 4 heterocycles. The minimum atomic E-state index is 0.354. The smallest absolute Gasteiger partial charge is 0.243 e. The van der Waals surface area contributed by atoms with E-state index < -0.39 is 0 Å². The molecule has 3 aromatic heterocycles. The van der Waals surface area contributed by atoms with Crippen LogP contribution in [0.4, 0.5) is 11.1 Å². The zero-order valence-electron chi connectivity index (χ0n) is 17.4. The fraction of sp³-hybridized carbons (Fsp3) is 0.619. The van der Waals surface area contributed by atoms with Gasteiger partial charge in [-0.05, 0) is 63.0 Å². The monoisotopic (exact) mass is 411 g/mol. The van der Waals surface area contributed by atoms with Crippen molar-refractivity contribution >= 4 is 28.3 Å². The molecule has 1 aliphatic carbocycles. The molecule has 1 aliphatic heterocycles. The highest BCUT2D eigenvalue weighted by molar-refractivity contribution is 7.09. The van der Waals surface area contributed by atoms with Crippen LogP contribution in [0.15, 0.2) is 18.2 Å². The Kier molecular flexibility index (Phi) is 4.69. The van der Waals surface area contributed by atoms with Crippen LogP contribution in [0.5, 0.6) is 0 Å². The third kappa shape index (κ3) is 3.27. The molecule has 0 amide bonds. The van der Waals surface area contributed by atoms with Gasteiger partial charge in [0.2, 0.25) is 11.1 Å². The molecule has 7 nitrogen and oxygen atoms in total. The number of rotatable bonds is 6. The second-order valence-electron chi connectivity index (χ2n) is 8.71. The average Bonchev–Trinajstić information content (AvgIpc) is 3.39. The van der Waals surface area contributed by atoms with Crippen molar-refractivity contribution in [1.29, 1.82) is 0 Å². The highest BCUT2D eigenvalue weighted by Gasteiger charge is 2.53. The van der Waals surface area contributed by atoms with E-state index in [1.165, 1.54) is 36.5 Å². The SMILES string of the molecule is CCCc1cccc2nc(NC(C)C3CCC34CCN(c3nc(C)ns3)C4)nn12. The van der Waals surface area contributed by atoms with E-state index in [0.717, 1.165) is 48.5 Å². The summed E-state index contributed by atoms with van der Waals surface area (Å²) in [6.45, 7) is 8.64. The zero-order chi connectivity index (χ0) is 20.0. The second kappa shape index (κ2) is 7.23. The summed E-state index contributed by atoms with van der Waals surface area (Å²) in [4.78, 5) is 11.8. The molecular weight excluding hydrogens is 382 g/mol. The summed E-state index contributed by atoms with van der Waals surface area (Å²) in [5.41, 5.74) is 2.53. The van der Waals surface area contributed by atoms with Crippen molar-refractivity contribution in [3.8, 4) is 0 Å². The molecule has 1 saturated carbocycles. The number of hydrogen-bond donors (Lipinski definition) is 1. The first-order chi connectivity index (χ1) is 14.1. The number of anilines is 2. The van der Waals surface area contributed by atoms with E-state index >= 15 is 0 Å². The van der Waals surface area contributed by atoms with Crippen LogP contribution in [0.3, 0.4) is 0 Å². The van der Waals surface area contributed by atoms with Gasteiger partial charge in [-0.25, -0.2) is 9.50 Å². The Bertz CT molecular complexity index is 1010. The van der Waals surface area contributed by atoms with Crippen molar-refractivity contribution in [1.82, 2.24) is 24.0 Å². The summed E-state index contributed by atoms with van der Waals surface area (Å²) in [5.74, 6) is 2.27. The Morgan fingerprint density at radius 2 is 2.21 bits per heavy atom. The van der Waals surface area contributed by atoms with Gasteiger partial charge in [0.25, 0.3) is 0 Å². The second-order valence-corrected chi connectivity index (χ2v) is 9.44. The molecule has 3 atom stereocenters. The number of hydrogen-bond acceptors (Lipinski definition) is 7. The van der Waals surface area contributed by atoms with Gasteiger partial charge in [-0.15, -0.1) is 5.10 Å². The molecular formula is C21H29N7S. The van der Waals surface area contributed by atoms with Crippen molar-refractivity contribution in [3.05, 3.63) is 29.7 Å². The van der Waals surface area contributed by atoms with Gasteiger partial charge in [-0.3, -0.25) is 0 Å². The molecule has 8 heteroatoms. The van der Waals surface area contributed by atoms with E-state index in [1.807, 2.05) is 17.5 Å². The summed E-state index contributed by atoms with van der Waals surface area (Å²) in [6.07, 6.45) is 5.93. The summed E-state index contributed by atoms with van der Waals surface area (Å²) in [7, 11) is 0. The Morgan fingerprint density at radius 3 is 2.93 bits per heavy atom. The van der Waals surface area contributed by atoms with E-state index in [-0.39, 0.29) is 0 Å². The summed E-state index contributed by atoms with van der Waals surface area (Å²) >= 11 is 1.53. The quantitative estimate of drug-likeness (QED) is 0.662. The van der Waals surface area contributed by atoms with Gasteiger partial charge < -0.3 is 10.2 Å². The van der Waals surface area contributed by atoms with Crippen LogP contribution < -0.4 is 10.2 Å². The normalized spacial score (nSPS) is 24.9. The standard InChI is InChI=1S/C21H29N7S/c1-4-6-16-7-5-8-18-24-19(25-28(16)18)22-14(2)17-9-10-21(17)11-12-27(13-21)20-23-15(3)26-29-20/h5,7-8,14,17H,4,6,9-13H2,1-3H3,(H,22,25). The van der Waals surface area contributed by atoms with Crippen molar-refractivity contribution in [2.75, 3.05) is 23.3 Å². The third-order valence-electron chi connectivity index (χ3n) is 6.82. The predicted octanol–water partition coefficient (Wildman–Crippen LogP) is 3.95. The van der Waals surface area contributed by atoms with E-state index in [9.17, 15) is 0 Å². The van der Waals surface area contributed by atoms with Crippen LogP contribution in [0.1, 0.15) is 51.0 Å². The van der Waals surface area contributed by atoms with Crippen LogP contribution in [0.2, 0.25) is 0 Å². The van der Waals surface area contributed by atoms with Crippen molar-refractivity contribution in [2.45, 2.75) is 58.9 Å². The Hall–Kier alpha value is -2.22. The number of pyridine rings is 1. The Morgan fingerprint density at radius 1 is 1.31 bits per heavy atom. The molecule has 0 aromatic carbocycles. The van der Waals surface area contributed by atoms with Gasteiger partial charge in [-0.2, -0.15) is 9.36 Å². The van der Waals surface area contributed by atoms with Gasteiger partial charge in [0.05, 0.1) is 0 Å². The fourth-order valence-corrected chi connectivity index (χ4v) is 5.95. The van der Waals surface area contributed by atoms with Crippen molar-refractivity contribution in [3.63, 3.8) is 0 Å². The van der Waals surface area contributed by atoms with Gasteiger partial charge in [0.1, 0.15) is 5.82 Å². The Balaban J connectivity index is 1.29. The average molecular weight is 412 g/mol. The molecule has 3 unspecified atom stereocenters. The maximum Gasteiger partial charge on any atom is 0.243 e. The fourth-order valence-electron chi connectivity index (χ4n) is 5.25. The molecule has 1 spiro atoms. The molecule has 5 rings (SSSR count). The maximum atomic E-state index is 4.76. The minimum Gasteiger partial charge on any atom is -0.350 e. The number of aryl methyl sites for hydroxylation is 2. The first-order valence-corrected chi connectivity index (χ1v) is 11.5. The van der Waals surface area contributed by atoms with Gasteiger partial charge in [-0.1, -0.05) is 19.4 Å². The first kappa shape index (κ1) is 18.8. The summed E-state index contributed by atoms with van der Waals surface area (Å²) < 4.78 is 6.35.